The van der Waals surface area contributed by atoms with E-state index in [0.29, 0.717) is 0 Å². The van der Waals surface area contributed by atoms with Crippen LogP contribution >= 0.6 is 0 Å². The molecule has 1 heteroatoms. The van der Waals surface area contributed by atoms with Crippen LogP contribution < -0.4 is 5.32 Å². The third-order valence-corrected chi connectivity index (χ3v) is 12.1. The molecule has 1 nitrogen and oxygen atoms in total. The molecule has 0 aromatic heterocycles. The zero-order valence-corrected chi connectivity index (χ0v) is 28.6. The number of rotatable bonds is 6. The first kappa shape index (κ1) is 30.6. The minimum Gasteiger partial charge on any atom is -0.356 e. The molecule has 1 N–H and O–H groups in total. The van der Waals surface area contributed by atoms with Crippen molar-refractivity contribution in [3.8, 4) is 11.1 Å². The largest absolute Gasteiger partial charge is 0.356 e. The monoisotopic (exact) mass is 597 g/mol. The van der Waals surface area contributed by atoms with Gasteiger partial charge in [-0.3, -0.25) is 0 Å². The second-order valence-electron chi connectivity index (χ2n) is 16.2. The molecule has 7 rings (SSSR count). The second kappa shape index (κ2) is 12.3. The van der Waals surface area contributed by atoms with Crippen molar-refractivity contribution in [2.45, 2.75) is 111 Å². The van der Waals surface area contributed by atoms with Crippen LogP contribution in [-0.2, 0) is 5.41 Å². The molecule has 1 saturated carbocycles. The summed E-state index contributed by atoms with van der Waals surface area (Å²) in [5.74, 6) is 3.14. The number of nitrogens with one attached hydrogen (secondary N) is 1. The molecule has 0 aliphatic heterocycles. The van der Waals surface area contributed by atoms with E-state index in [-0.39, 0.29) is 10.8 Å². The predicted molar refractivity (Wildman–Crippen MR) is 194 cm³/mol. The van der Waals surface area contributed by atoms with Crippen LogP contribution in [0, 0.1) is 29.1 Å². The van der Waals surface area contributed by atoms with E-state index >= 15 is 0 Å². The van der Waals surface area contributed by atoms with Gasteiger partial charge in [0.25, 0.3) is 0 Å². The highest BCUT2D eigenvalue weighted by Crippen LogP contribution is 2.53. The van der Waals surface area contributed by atoms with E-state index in [1.165, 1.54) is 97.5 Å². The lowest BCUT2D eigenvalue weighted by molar-refractivity contribution is 0.259. The molecule has 0 heterocycles. The molecule has 2 bridgehead atoms. The SMILES string of the molecule is CCC1CCC(C)CC(C)(C2=C(Nc3cccc(-c4ccc(C56C=C(CC(C)C5)CC(C)C6)c5ccccc45)c3)C=CCC2)C1. The maximum atomic E-state index is 3.97. The molecule has 0 radical (unpaired) electrons. The van der Waals surface area contributed by atoms with Gasteiger partial charge in [-0.05, 0) is 132 Å². The van der Waals surface area contributed by atoms with Crippen LogP contribution in [0.2, 0.25) is 0 Å². The smallest absolute Gasteiger partial charge is 0.0390 e. The van der Waals surface area contributed by atoms with Crippen molar-refractivity contribution < 1.29 is 0 Å². The highest BCUT2D eigenvalue weighted by molar-refractivity contribution is 5.99. The Hall–Kier alpha value is -3.06. The van der Waals surface area contributed by atoms with Crippen molar-refractivity contribution >= 4 is 16.5 Å². The molecule has 3 aromatic rings. The van der Waals surface area contributed by atoms with Crippen molar-refractivity contribution in [3.63, 3.8) is 0 Å². The van der Waals surface area contributed by atoms with Gasteiger partial charge < -0.3 is 5.32 Å². The second-order valence-corrected chi connectivity index (χ2v) is 16.2. The normalized spacial score (nSPS) is 31.9. The van der Waals surface area contributed by atoms with E-state index in [0.717, 1.165) is 30.1 Å². The van der Waals surface area contributed by atoms with Crippen LogP contribution in [-0.4, -0.2) is 0 Å². The summed E-state index contributed by atoms with van der Waals surface area (Å²) in [5, 5.41) is 6.79. The number of fused-ring (bicyclic) bond motifs is 2. The van der Waals surface area contributed by atoms with Crippen LogP contribution in [0.4, 0.5) is 5.69 Å². The van der Waals surface area contributed by atoms with Gasteiger partial charge in [0.2, 0.25) is 0 Å². The molecule has 45 heavy (non-hydrogen) atoms. The molecule has 3 aromatic carbocycles. The third kappa shape index (κ3) is 5.97. The van der Waals surface area contributed by atoms with Crippen LogP contribution in [0.15, 0.2) is 95.7 Å². The summed E-state index contributed by atoms with van der Waals surface area (Å²) in [6.07, 6.45) is 21.6. The van der Waals surface area contributed by atoms with E-state index in [2.05, 4.69) is 119 Å². The molecular formula is C44H55N. The molecule has 0 amide bonds. The van der Waals surface area contributed by atoms with Crippen molar-refractivity contribution in [2.24, 2.45) is 29.1 Å². The Morgan fingerprint density at radius 1 is 0.800 bits per heavy atom. The summed E-state index contributed by atoms with van der Waals surface area (Å²) >= 11 is 0. The number of hydrogen-bond acceptors (Lipinski definition) is 1. The lowest BCUT2D eigenvalue weighted by Crippen LogP contribution is -2.36. The van der Waals surface area contributed by atoms with Gasteiger partial charge in [-0.1, -0.05) is 120 Å². The summed E-state index contributed by atoms with van der Waals surface area (Å²) in [4.78, 5) is 0. The van der Waals surface area contributed by atoms with E-state index in [9.17, 15) is 0 Å². The van der Waals surface area contributed by atoms with Crippen molar-refractivity contribution in [1.82, 2.24) is 0 Å². The quantitative estimate of drug-likeness (QED) is 0.220. The minimum absolute atomic E-state index is 0.171. The van der Waals surface area contributed by atoms with Crippen LogP contribution in [0.1, 0.15) is 111 Å². The van der Waals surface area contributed by atoms with Gasteiger partial charge in [0.05, 0.1) is 0 Å². The topological polar surface area (TPSA) is 12.0 Å². The van der Waals surface area contributed by atoms with E-state index in [4.69, 9.17) is 0 Å². The Morgan fingerprint density at radius 3 is 2.36 bits per heavy atom. The first-order chi connectivity index (χ1) is 21.7. The van der Waals surface area contributed by atoms with Gasteiger partial charge in [0.1, 0.15) is 0 Å². The van der Waals surface area contributed by atoms with E-state index in [1.807, 2.05) is 0 Å². The highest BCUT2D eigenvalue weighted by atomic mass is 14.9. The Labute approximate surface area is 273 Å². The zero-order valence-electron chi connectivity index (χ0n) is 28.6. The third-order valence-electron chi connectivity index (χ3n) is 12.1. The number of anilines is 1. The Bertz CT molecular complexity index is 1630. The first-order valence-electron chi connectivity index (χ1n) is 18.3. The average Bonchev–Trinajstić information content (AvgIpc) is 3.17. The number of allylic oxidation sites excluding steroid dienone is 5. The molecular weight excluding hydrogens is 542 g/mol. The molecule has 5 atom stereocenters. The van der Waals surface area contributed by atoms with Crippen molar-refractivity contribution in [1.29, 1.82) is 0 Å². The summed E-state index contributed by atoms with van der Waals surface area (Å²) in [7, 11) is 0. The molecule has 1 fully saturated rings. The Morgan fingerprint density at radius 2 is 1.58 bits per heavy atom. The summed E-state index contributed by atoms with van der Waals surface area (Å²) in [5.41, 5.74) is 10.5. The number of hydrogen-bond donors (Lipinski definition) is 1. The molecule has 0 saturated heterocycles. The minimum atomic E-state index is 0.171. The standard InChI is InChI=1S/C44H55N/c1-6-33-19-18-30(2)25-43(5,28-33)41-16-9-10-17-42(41)45-36-13-11-12-35(24-36)37-20-21-40(39-15-8-7-14-38(37)39)44-26-31(3)22-34(29-44)23-32(4)27-44/h7-8,10-15,17,20-21,24,29-33,45H,6,9,16,18-19,22-23,25-28H2,1-5H3. The lowest BCUT2D eigenvalue weighted by Gasteiger charge is -2.45. The van der Waals surface area contributed by atoms with Crippen LogP contribution in [0.25, 0.3) is 21.9 Å². The van der Waals surface area contributed by atoms with Gasteiger partial charge in [0, 0.05) is 16.8 Å². The fourth-order valence-corrected chi connectivity index (χ4v) is 10.5. The summed E-state index contributed by atoms with van der Waals surface area (Å²) in [6.45, 7) is 12.4. The first-order valence-corrected chi connectivity index (χ1v) is 18.3. The molecule has 236 valence electrons. The van der Waals surface area contributed by atoms with E-state index in [1.54, 1.807) is 16.7 Å². The van der Waals surface area contributed by atoms with Crippen molar-refractivity contribution in [3.05, 3.63) is 101 Å². The average molecular weight is 598 g/mol. The summed E-state index contributed by atoms with van der Waals surface area (Å²) in [6, 6.07) is 23.3. The van der Waals surface area contributed by atoms with Crippen LogP contribution in [0.3, 0.4) is 0 Å². The zero-order chi connectivity index (χ0) is 31.2. The van der Waals surface area contributed by atoms with Gasteiger partial charge in [0.15, 0.2) is 0 Å². The predicted octanol–water partition coefficient (Wildman–Crippen LogP) is 12.8. The fourth-order valence-electron chi connectivity index (χ4n) is 10.5. The van der Waals surface area contributed by atoms with Gasteiger partial charge in [-0.15, -0.1) is 0 Å². The van der Waals surface area contributed by atoms with E-state index < -0.39 is 0 Å². The number of benzene rings is 3. The maximum Gasteiger partial charge on any atom is 0.0390 e. The van der Waals surface area contributed by atoms with Gasteiger partial charge in [-0.25, -0.2) is 0 Å². The molecule has 4 aliphatic rings. The maximum absolute atomic E-state index is 3.97. The highest BCUT2D eigenvalue weighted by Gasteiger charge is 2.41. The Kier molecular flexibility index (Phi) is 8.34. The summed E-state index contributed by atoms with van der Waals surface area (Å²) < 4.78 is 0. The van der Waals surface area contributed by atoms with Crippen molar-refractivity contribution in [2.75, 3.05) is 5.32 Å². The Balaban J connectivity index is 1.25. The van der Waals surface area contributed by atoms with Crippen LogP contribution in [0.5, 0.6) is 0 Å². The lowest BCUT2D eigenvalue weighted by atomic mass is 9.59. The fraction of sp³-hybridized carbons (Fsp3) is 0.500. The molecule has 0 spiro atoms. The molecule has 5 unspecified atom stereocenters. The molecule has 4 aliphatic carbocycles. The van der Waals surface area contributed by atoms with Gasteiger partial charge in [-0.2, -0.15) is 0 Å². The van der Waals surface area contributed by atoms with Gasteiger partial charge >= 0.3 is 0 Å².